The first-order chi connectivity index (χ1) is 24.7. The zero-order valence-electron chi connectivity index (χ0n) is 26.4. The second-order valence-electron chi connectivity index (χ2n) is 11.9. The van der Waals surface area contributed by atoms with Crippen molar-refractivity contribution in [2.24, 2.45) is 0 Å². The van der Waals surface area contributed by atoms with Gasteiger partial charge in [-0.2, -0.15) is 0 Å². The molecule has 0 aliphatic heterocycles. The fraction of sp³-hybridized carbons (Fsp3) is 0. The van der Waals surface area contributed by atoms with Crippen LogP contribution in [0.15, 0.2) is 164 Å². The molecule has 0 unspecified atom stereocenters. The van der Waals surface area contributed by atoms with Crippen molar-refractivity contribution in [3.63, 3.8) is 0 Å². The number of fused-ring (bicyclic) bond motifs is 4. The lowest BCUT2D eigenvalue weighted by molar-refractivity contribution is 1.68. The van der Waals surface area contributed by atoms with Crippen LogP contribution >= 0.6 is 77.2 Å². The summed E-state index contributed by atoms with van der Waals surface area (Å²) in [7, 11) is 0. The van der Waals surface area contributed by atoms with Crippen molar-refractivity contribution in [2.75, 3.05) is 0 Å². The molecule has 10 rings (SSSR count). The van der Waals surface area contributed by atoms with Crippen molar-refractivity contribution in [3.05, 3.63) is 164 Å². The Morgan fingerprint density at radius 1 is 0.320 bits per heavy atom. The second-order valence-corrected chi connectivity index (χ2v) is 18.6. The number of hydrogen-bond donors (Lipinski definition) is 0. The first-order valence-corrected chi connectivity index (χ1v) is 21.1. The van der Waals surface area contributed by atoms with E-state index in [4.69, 9.17) is 0 Å². The van der Waals surface area contributed by atoms with Crippen LogP contribution in [0.5, 0.6) is 0 Å². The third kappa shape index (κ3) is 5.69. The van der Waals surface area contributed by atoms with Gasteiger partial charge in [0.2, 0.25) is 0 Å². The van der Waals surface area contributed by atoms with Crippen molar-refractivity contribution in [1.82, 2.24) is 0 Å². The van der Waals surface area contributed by atoms with Crippen molar-refractivity contribution < 1.29 is 0 Å². The SMILES string of the molecule is Brc1cc2c(-c3ccccc3)c3sc(Br)cc3c(-c3ccccc3)c2s1.c1ccc(-c2c3ccsc3c(-c3ccccc3)c3ccsc23)cc1. The molecule has 0 bridgehead atoms. The van der Waals surface area contributed by atoms with Crippen LogP contribution in [0, 0.1) is 0 Å². The van der Waals surface area contributed by atoms with Crippen LogP contribution in [0.3, 0.4) is 0 Å². The molecular formula is C44H26Br2S4. The van der Waals surface area contributed by atoms with Crippen LogP contribution in [0.2, 0.25) is 0 Å². The fourth-order valence-corrected chi connectivity index (χ4v) is 12.3. The van der Waals surface area contributed by atoms with Gasteiger partial charge in [0.15, 0.2) is 0 Å². The zero-order chi connectivity index (χ0) is 33.6. The monoisotopic (exact) mass is 840 g/mol. The quantitative estimate of drug-likeness (QED) is 0.166. The summed E-state index contributed by atoms with van der Waals surface area (Å²) in [5.41, 5.74) is 10.5. The third-order valence-electron chi connectivity index (χ3n) is 8.97. The molecule has 0 aliphatic rings. The minimum atomic E-state index is 1.17. The van der Waals surface area contributed by atoms with Gasteiger partial charge < -0.3 is 0 Å². The number of halogens is 2. The molecular weight excluding hydrogens is 817 g/mol. The van der Waals surface area contributed by atoms with Gasteiger partial charge in [-0.25, -0.2) is 0 Å². The first kappa shape index (κ1) is 32.1. The highest BCUT2D eigenvalue weighted by Gasteiger charge is 2.21. The van der Waals surface area contributed by atoms with Crippen molar-refractivity contribution in [1.29, 1.82) is 0 Å². The van der Waals surface area contributed by atoms with Gasteiger partial charge in [-0.1, -0.05) is 121 Å². The molecule has 0 atom stereocenters. The van der Waals surface area contributed by atoms with E-state index in [9.17, 15) is 0 Å². The average molecular weight is 843 g/mol. The Labute approximate surface area is 323 Å². The smallest absolute Gasteiger partial charge is 0.0711 e. The molecule has 0 nitrogen and oxygen atoms in total. The summed E-state index contributed by atoms with van der Waals surface area (Å²) in [6.45, 7) is 0. The van der Waals surface area contributed by atoms with Gasteiger partial charge in [-0.15, -0.1) is 45.3 Å². The van der Waals surface area contributed by atoms with Gasteiger partial charge >= 0.3 is 0 Å². The van der Waals surface area contributed by atoms with Gasteiger partial charge in [0, 0.05) is 62.6 Å². The summed E-state index contributed by atoms with van der Waals surface area (Å²) in [6.07, 6.45) is 0. The molecule has 0 radical (unpaired) electrons. The van der Waals surface area contributed by atoms with E-state index in [1.807, 2.05) is 45.3 Å². The summed E-state index contributed by atoms with van der Waals surface area (Å²) in [4.78, 5) is 0. The van der Waals surface area contributed by atoms with Crippen LogP contribution in [0.25, 0.3) is 84.9 Å². The first-order valence-electron chi connectivity index (χ1n) is 16.1. The molecule has 0 spiro atoms. The Hall–Kier alpha value is -3.88. The number of rotatable bonds is 4. The van der Waals surface area contributed by atoms with Gasteiger partial charge in [0.05, 0.1) is 7.57 Å². The molecule has 6 heteroatoms. The van der Waals surface area contributed by atoms with E-state index < -0.39 is 0 Å². The maximum Gasteiger partial charge on any atom is 0.0711 e. The molecule has 0 saturated carbocycles. The Morgan fingerprint density at radius 2 is 0.620 bits per heavy atom. The Bertz CT molecular complexity index is 2460. The molecule has 240 valence electrons. The molecule has 4 aromatic heterocycles. The fourth-order valence-electron chi connectivity index (χ4n) is 6.92. The van der Waals surface area contributed by atoms with Crippen LogP contribution in [0.4, 0.5) is 0 Å². The third-order valence-corrected chi connectivity index (χ3v) is 14.1. The summed E-state index contributed by atoms with van der Waals surface area (Å²) in [5, 5.41) is 9.78. The number of benzene rings is 6. The van der Waals surface area contributed by atoms with Crippen molar-refractivity contribution in [2.45, 2.75) is 0 Å². The Morgan fingerprint density at radius 3 is 0.940 bits per heavy atom. The molecule has 0 amide bonds. The Balaban J connectivity index is 0.000000135. The Kier molecular flexibility index (Phi) is 8.77. The molecule has 10 aromatic rings. The van der Waals surface area contributed by atoms with E-state index in [-0.39, 0.29) is 0 Å². The van der Waals surface area contributed by atoms with Gasteiger partial charge in [0.25, 0.3) is 0 Å². The summed E-state index contributed by atoms with van der Waals surface area (Å²) in [5.74, 6) is 0. The largest absolute Gasteiger partial charge is 0.143 e. The molecule has 0 aliphatic carbocycles. The molecule has 6 aromatic carbocycles. The predicted molar refractivity (Wildman–Crippen MR) is 232 cm³/mol. The lowest BCUT2D eigenvalue weighted by Crippen LogP contribution is -1.84. The van der Waals surface area contributed by atoms with E-state index in [1.165, 1.54) is 92.4 Å². The molecule has 0 fully saturated rings. The van der Waals surface area contributed by atoms with Gasteiger partial charge in [-0.05, 0) is 89.1 Å². The maximum atomic E-state index is 3.73. The van der Waals surface area contributed by atoms with E-state index in [1.54, 1.807) is 0 Å². The molecule has 4 heterocycles. The lowest BCUT2D eigenvalue weighted by atomic mass is 9.94. The van der Waals surface area contributed by atoms with Crippen LogP contribution in [0.1, 0.15) is 0 Å². The van der Waals surface area contributed by atoms with Gasteiger partial charge in [-0.3, -0.25) is 0 Å². The van der Waals surface area contributed by atoms with Crippen molar-refractivity contribution in [3.8, 4) is 44.5 Å². The van der Waals surface area contributed by atoms with Gasteiger partial charge in [0.1, 0.15) is 0 Å². The number of hydrogen-bond acceptors (Lipinski definition) is 4. The zero-order valence-corrected chi connectivity index (χ0v) is 32.8. The highest BCUT2D eigenvalue weighted by atomic mass is 79.9. The molecule has 0 saturated heterocycles. The molecule has 50 heavy (non-hydrogen) atoms. The van der Waals surface area contributed by atoms with Crippen molar-refractivity contribution >= 4 is 118 Å². The highest BCUT2D eigenvalue weighted by Crippen LogP contribution is 2.51. The molecule has 0 N–H and O–H groups in total. The van der Waals surface area contributed by atoms with E-state index in [2.05, 4.69) is 188 Å². The lowest BCUT2D eigenvalue weighted by Gasteiger charge is -2.12. The summed E-state index contributed by atoms with van der Waals surface area (Å²) < 4.78 is 7.76. The average Bonchev–Trinajstić information content (AvgIpc) is 3.98. The maximum absolute atomic E-state index is 3.73. The highest BCUT2D eigenvalue weighted by molar-refractivity contribution is 9.11. The number of thiophene rings is 4. The van der Waals surface area contributed by atoms with Crippen LogP contribution < -0.4 is 0 Å². The van der Waals surface area contributed by atoms with E-state index >= 15 is 0 Å². The predicted octanol–water partition coefficient (Wildman–Crippen LogP) is 16.4. The second kappa shape index (κ2) is 13.7. The van der Waals surface area contributed by atoms with Crippen LogP contribution in [-0.2, 0) is 0 Å². The summed E-state index contributed by atoms with van der Waals surface area (Å²) >= 11 is 14.8. The topological polar surface area (TPSA) is 0 Å². The summed E-state index contributed by atoms with van der Waals surface area (Å²) in [6, 6.07) is 52.0. The van der Waals surface area contributed by atoms with E-state index in [0.717, 1.165) is 0 Å². The minimum Gasteiger partial charge on any atom is -0.143 e. The van der Waals surface area contributed by atoms with E-state index in [0.29, 0.717) is 0 Å². The standard InChI is InChI=1S/C22H12Br2S2.C22H14S2/c23-17-11-15-19(13-7-3-1-4-8-13)21-16(12-18(24)25-21)20(22(15)26-17)14-9-5-2-6-10-14;1-3-7-15(8-4-1)19-17-11-13-24-22(17)20(16-9-5-2-6-10-16)18-12-14-23-21(18)19/h1-12H;1-14H. The normalized spacial score (nSPS) is 11.4. The van der Waals surface area contributed by atoms with Crippen LogP contribution in [-0.4, -0.2) is 0 Å². The minimum absolute atomic E-state index is 1.17.